The summed E-state index contributed by atoms with van der Waals surface area (Å²) in [7, 11) is 1.69. The predicted molar refractivity (Wildman–Crippen MR) is 130 cm³/mol. The summed E-state index contributed by atoms with van der Waals surface area (Å²) in [6.45, 7) is 12.3. The van der Waals surface area contributed by atoms with Gasteiger partial charge in [0.05, 0.1) is 7.11 Å². The van der Waals surface area contributed by atoms with E-state index in [1.807, 2.05) is 24.3 Å². The van der Waals surface area contributed by atoms with Gasteiger partial charge in [0.1, 0.15) is 11.5 Å². The third kappa shape index (κ3) is 7.16. The van der Waals surface area contributed by atoms with E-state index >= 15 is 0 Å². The van der Waals surface area contributed by atoms with E-state index in [2.05, 4.69) is 60.2 Å². The van der Waals surface area contributed by atoms with Crippen LogP contribution in [-0.4, -0.2) is 63.8 Å². The van der Waals surface area contributed by atoms with Crippen LogP contribution in [0.4, 0.5) is 5.69 Å². The summed E-state index contributed by atoms with van der Waals surface area (Å²) in [5.41, 5.74) is 2.60. The van der Waals surface area contributed by atoms with Crippen LogP contribution >= 0.6 is 0 Å². The number of amides is 1. The predicted octanol–water partition coefficient (Wildman–Crippen LogP) is 3.70. The number of nitrogens with zero attached hydrogens (tertiary/aromatic N) is 2. The Morgan fingerprint density at radius 1 is 0.938 bits per heavy atom. The van der Waals surface area contributed by atoms with Crippen LogP contribution in [0.25, 0.3) is 0 Å². The molecule has 1 aliphatic rings. The van der Waals surface area contributed by atoms with Gasteiger partial charge in [-0.3, -0.25) is 9.69 Å². The zero-order chi connectivity index (χ0) is 23.0. The summed E-state index contributed by atoms with van der Waals surface area (Å²) in [5.74, 6) is 1.54. The van der Waals surface area contributed by atoms with Crippen LogP contribution in [0.2, 0.25) is 0 Å². The molecular weight excluding hydrogens is 402 g/mol. The van der Waals surface area contributed by atoms with Crippen LogP contribution < -0.4 is 19.7 Å². The standard InChI is InChI=1S/C26H37N3O3/c1-26(2,3)21-6-10-24(11-7-21)32-20-25(30)27-14-5-15-28-16-18-29(19-17-28)22-8-12-23(31-4)13-9-22/h6-13H,5,14-20H2,1-4H3,(H,27,30). The van der Waals surface area contributed by atoms with Crippen LogP contribution in [0.15, 0.2) is 48.5 Å². The molecule has 0 atom stereocenters. The van der Waals surface area contributed by atoms with E-state index in [0.717, 1.165) is 50.6 Å². The lowest BCUT2D eigenvalue weighted by molar-refractivity contribution is -0.123. The molecule has 0 radical (unpaired) electrons. The van der Waals surface area contributed by atoms with Gasteiger partial charge in [-0.05, 0) is 60.3 Å². The molecule has 6 heteroatoms. The highest BCUT2D eigenvalue weighted by Gasteiger charge is 2.17. The number of ether oxygens (including phenoxy) is 2. The summed E-state index contributed by atoms with van der Waals surface area (Å²) in [4.78, 5) is 16.9. The van der Waals surface area contributed by atoms with E-state index in [1.165, 1.54) is 11.3 Å². The molecule has 1 aliphatic heterocycles. The molecule has 2 aromatic carbocycles. The molecule has 0 saturated carbocycles. The summed E-state index contributed by atoms with van der Waals surface area (Å²) < 4.78 is 10.8. The number of nitrogens with one attached hydrogen (secondary N) is 1. The fraction of sp³-hybridized carbons (Fsp3) is 0.500. The molecule has 2 aromatic rings. The highest BCUT2D eigenvalue weighted by Crippen LogP contribution is 2.24. The Bertz CT molecular complexity index is 836. The number of piperazine rings is 1. The lowest BCUT2D eigenvalue weighted by Gasteiger charge is -2.36. The van der Waals surface area contributed by atoms with E-state index in [1.54, 1.807) is 7.11 Å². The molecule has 0 aliphatic carbocycles. The first kappa shape index (κ1) is 23.9. The van der Waals surface area contributed by atoms with E-state index in [9.17, 15) is 4.79 Å². The van der Waals surface area contributed by atoms with Crippen molar-refractivity contribution in [2.24, 2.45) is 0 Å². The minimum atomic E-state index is -0.0748. The first-order valence-corrected chi connectivity index (χ1v) is 11.5. The highest BCUT2D eigenvalue weighted by atomic mass is 16.5. The lowest BCUT2D eigenvalue weighted by Crippen LogP contribution is -2.47. The lowest BCUT2D eigenvalue weighted by atomic mass is 9.87. The topological polar surface area (TPSA) is 54.0 Å². The number of hydrogen-bond donors (Lipinski definition) is 1. The Hall–Kier alpha value is -2.73. The molecule has 0 unspecified atom stereocenters. The highest BCUT2D eigenvalue weighted by molar-refractivity contribution is 5.77. The average molecular weight is 440 g/mol. The SMILES string of the molecule is COc1ccc(N2CCN(CCCNC(=O)COc3ccc(C(C)(C)C)cc3)CC2)cc1. The normalized spacial score (nSPS) is 14.8. The molecule has 1 saturated heterocycles. The molecule has 0 bridgehead atoms. The number of benzene rings is 2. The van der Waals surface area contributed by atoms with Crippen molar-refractivity contribution in [1.29, 1.82) is 0 Å². The van der Waals surface area contributed by atoms with Crippen molar-refractivity contribution >= 4 is 11.6 Å². The average Bonchev–Trinajstić information content (AvgIpc) is 2.81. The molecule has 1 N–H and O–H groups in total. The molecule has 1 amide bonds. The molecule has 3 rings (SSSR count). The van der Waals surface area contributed by atoms with Gasteiger partial charge >= 0.3 is 0 Å². The summed E-state index contributed by atoms with van der Waals surface area (Å²) in [6.07, 6.45) is 0.939. The minimum absolute atomic E-state index is 0.0510. The molecule has 32 heavy (non-hydrogen) atoms. The van der Waals surface area contributed by atoms with Gasteiger partial charge in [-0.15, -0.1) is 0 Å². The Morgan fingerprint density at radius 2 is 1.56 bits per heavy atom. The van der Waals surface area contributed by atoms with Crippen molar-refractivity contribution in [2.75, 3.05) is 57.9 Å². The van der Waals surface area contributed by atoms with Gasteiger partial charge in [-0.25, -0.2) is 0 Å². The largest absolute Gasteiger partial charge is 0.497 e. The zero-order valence-corrected chi connectivity index (χ0v) is 19.9. The third-order valence-corrected chi connectivity index (χ3v) is 5.87. The Labute approximate surface area is 192 Å². The zero-order valence-electron chi connectivity index (χ0n) is 19.9. The van der Waals surface area contributed by atoms with Crippen LogP contribution in [-0.2, 0) is 10.2 Å². The molecule has 174 valence electrons. The molecule has 1 fully saturated rings. The maximum atomic E-state index is 12.1. The number of hydrogen-bond acceptors (Lipinski definition) is 5. The van der Waals surface area contributed by atoms with Gasteiger partial charge in [-0.2, -0.15) is 0 Å². The Balaban J connectivity index is 1.28. The second-order valence-electron chi connectivity index (χ2n) is 9.29. The number of carbonyl (C=O) groups excluding carboxylic acids is 1. The Kier molecular flexibility index (Phi) is 8.39. The summed E-state index contributed by atoms with van der Waals surface area (Å²) in [5, 5.41) is 2.96. The van der Waals surface area contributed by atoms with E-state index in [0.29, 0.717) is 6.54 Å². The number of rotatable bonds is 9. The van der Waals surface area contributed by atoms with E-state index < -0.39 is 0 Å². The first-order valence-electron chi connectivity index (χ1n) is 11.5. The first-order chi connectivity index (χ1) is 15.3. The van der Waals surface area contributed by atoms with Gasteiger partial charge in [0.2, 0.25) is 0 Å². The Morgan fingerprint density at radius 3 is 2.16 bits per heavy atom. The van der Waals surface area contributed by atoms with E-state index in [4.69, 9.17) is 9.47 Å². The van der Waals surface area contributed by atoms with Crippen LogP contribution in [0.1, 0.15) is 32.8 Å². The van der Waals surface area contributed by atoms with Crippen molar-refractivity contribution in [1.82, 2.24) is 10.2 Å². The molecule has 1 heterocycles. The fourth-order valence-electron chi connectivity index (χ4n) is 3.80. The van der Waals surface area contributed by atoms with Crippen molar-refractivity contribution < 1.29 is 14.3 Å². The maximum absolute atomic E-state index is 12.1. The van der Waals surface area contributed by atoms with Crippen LogP contribution in [0.3, 0.4) is 0 Å². The summed E-state index contributed by atoms with van der Waals surface area (Å²) in [6, 6.07) is 16.2. The number of carbonyl (C=O) groups is 1. The van der Waals surface area contributed by atoms with Gasteiger partial charge < -0.3 is 19.7 Å². The second-order valence-corrected chi connectivity index (χ2v) is 9.29. The van der Waals surface area contributed by atoms with E-state index in [-0.39, 0.29) is 17.9 Å². The fourth-order valence-corrected chi connectivity index (χ4v) is 3.80. The minimum Gasteiger partial charge on any atom is -0.497 e. The summed E-state index contributed by atoms with van der Waals surface area (Å²) >= 11 is 0. The van der Waals surface area contributed by atoms with Gasteiger partial charge in [0.25, 0.3) is 5.91 Å². The molecule has 6 nitrogen and oxygen atoms in total. The van der Waals surface area contributed by atoms with Crippen molar-refractivity contribution in [3.8, 4) is 11.5 Å². The van der Waals surface area contributed by atoms with Gasteiger partial charge in [-0.1, -0.05) is 32.9 Å². The van der Waals surface area contributed by atoms with Gasteiger partial charge in [0.15, 0.2) is 6.61 Å². The van der Waals surface area contributed by atoms with Crippen LogP contribution in [0.5, 0.6) is 11.5 Å². The monoisotopic (exact) mass is 439 g/mol. The third-order valence-electron chi connectivity index (χ3n) is 5.87. The van der Waals surface area contributed by atoms with Gasteiger partial charge in [0, 0.05) is 38.4 Å². The molecule has 0 spiro atoms. The van der Waals surface area contributed by atoms with Crippen LogP contribution in [0, 0.1) is 0 Å². The molecule has 0 aromatic heterocycles. The second kappa shape index (κ2) is 11.2. The quantitative estimate of drug-likeness (QED) is 0.604. The number of anilines is 1. The van der Waals surface area contributed by atoms with Crippen molar-refractivity contribution in [3.63, 3.8) is 0 Å². The smallest absolute Gasteiger partial charge is 0.257 e. The van der Waals surface area contributed by atoms with Crippen molar-refractivity contribution in [2.45, 2.75) is 32.6 Å². The molecular formula is C26H37N3O3. The maximum Gasteiger partial charge on any atom is 0.257 e. The van der Waals surface area contributed by atoms with Crippen molar-refractivity contribution in [3.05, 3.63) is 54.1 Å². The number of methoxy groups -OCH3 is 1.